The molecule has 4 rings (SSSR count). The molecule has 0 atom stereocenters. The van der Waals surface area contributed by atoms with Crippen molar-refractivity contribution < 1.29 is 14.3 Å². The van der Waals surface area contributed by atoms with E-state index in [1.165, 1.54) is 0 Å². The molecule has 3 aromatic rings. The van der Waals surface area contributed by atoms with Crippen LogP contribution in [-0.4, -0.2) is 48.7 Å². The van der Waals surface area contributed by atoms with E-state index < -0.39 is 0 Å². The van der Waals surface area contributed by atoms with Gasteiger partial charge in [0.05, 0.1) is 13.2 Å². The quantitative estimate of drug-likeness (QED) is 0.549. The van der Waals surface area contributed by atoms with Gasteiger partial charge in [0.25, 0.3) is 5.91 Å². The Morgan fingerprint density at radius 2 is 1.88 bits per heavy atom. The fourth-order valence-corrected chi connectivity index (χ4v) is 3.82. The molecule has 0 bridgehead atoms. The predicted molar refractivity (Wildman–Crippen MR) is 124 cm³/mol. The minimum atomic E-state index is -0.224. The number of anilines is 1. The Kier molecular flexibility index (Phi) is 7.42. The number of carbonyl (C=O) groups excluding carboxylic acids is 1. The molecule has 2 heterocycles. The molecule has 1 N–H and O–H groups in total. The zero-order chi connectivity index (χ0) is 22.3. The summed E-state index contributed by atoms with van der Waals surface area (Å²) in [6.07, 6.45) is 2.33. The van der Waals surface area contributed by atoms with E-state index in [0.29, 0.717) is 59.4 Å². The first kappa shape index (κ1) is 22.3. The van der Waals surface area contributed by atoms with Gasteiger partial charge in [-0.15, -0.1) is 0 Å². The number of rotatable bonds is 7. The highest BCUT2D eigenvalue weighted by Gasteiger charge is 2.14. The molecule has 1 aromatic heterocycles. The van der Waals surface area contributed by atoms with Gasteiger partial charge in [0.1, 0.15) is 5.75 Å². The molecule has 0 unspecified atom stereocenters. The molecular weight excluding hydrogens is 451 g/mol. The molecule has 1 saturated heterocycles. The highest BCUT2D eigenvalue weighted by molar-refractivity contribution is 6.35. The van der Waals surface area contributed by atoms with Crippen LogP contribution in [0, 0.1) is 0 Å². The summed E-state index contributed by atoms with van der Waals surface area (Å²) < 4.78 is 11.3. The Morgan fingerprint density at radius 1 is 1.09 bits per heavy atom. The molecule has 0 aliphatic carbocycles. The number of nitrogens with zero attached hydrogens (tertiary/aromatic N) is 3. The Bertz CT molecular complexity index is 1070. The molecule has 7 nitrogen and oxygen atoms in total. The van der Waals surface area contributed by atoms with Gasteiger partial charge in [0, 0.05) is 47.5 Å². The lowest BCUT2D eigenvalue weighted by Gasteiger charge is -2.26. The van der Waals surface area contributed by atoms with Crippen LogP contribution in [0.5, 0.6) is 11.6 Å². The van der Waals surface area contributed by atoms with Crippen LogP contribution in [0.25, 0.3) is 0 Å². The van der Waals surface area contributed by atoms with Crippen molar-refractivity contribution in [2.75, 3.05) is 37.7 Å². The zero-order valence-electron chi connectivity index (χ0n) is 17.3. The molecule has 1 amide bonds. The molecule has 0 spiro atoms. The van der Waals surface area contributed by atoms with E-state index in [1.807, 2.05) is 24.3 Å². The third-order valence-electron chi connectivity index (χ3n) is 4.86. The number of hydrogen-bond acceptors (Lipinski definition) is 6. The van der Waals surface area contributed by atoms with E-state index >= 15 is 0 Å². The topological polar surface area (TPSA) is 76.6 Å². The Balaban J connectivity index is 1.34. The highest BCUT2D eigenvalue weighted by atomic mass is 35.5. The first-order chi connectivity index (χ1) is 15.6. The largest absolute Gasteiger partial charge is 0.439 e. The smallest absolute Gasteiger partial charge is 0.251 e. The average Bonchev–Trinajstić information content (AvgIpc) is 2.79. The van der Waals surface area contributed by atoms with Crippen molar-refractivity contribution in [3.05, 3.63) is 75.9 Å². The lowest BCUT2D eigenvalue weighted by atomic mass is 10.1. The third kappa shape index (κ3) is 6.09. The summed E-state index contributed by atoms with van der Waals surface area (Å²) in [5, 5.41) is 3.73. The van der Waals surface area contributed by atoms with Gasteiger partial charge in [-0.3, -0.25) is 4.79 Å². The van der Waals surface area contributed by atoms with Crippen LogP contribution in [-0.2, 0) is 11.2 Å². The monoisotopic (exact) mass is 472 g/mol. The summed E-state index contributed by atoms with van der Waals surface area (Å²) >= 11 is 11.9. The summed E-state index contributed by atoms with van der Waals surface area (Å²) in [6, 6.07) is 14.2. The summed E-state index contributed by atoms with van der Waals surface area (Å²) in [6.45, 7) is 3.30. The predicted octanol–water partition coefficient (Wildman–Crippen LogP) is 4.38. The van der Waals surface area contributed by atoms with Gasteiger partial charge in [-0.2, -0.15) is 4.98 Å². The maximum Gasteiger partial charge on any atom is 0.251 e. The summed E-state index contributed by atoms with van der Waals surface area (Å²) in [5.74, 6) is 1.55. The standard InChI is InChI=1S/C23H22Cl2N4O3/c24-18-13-17(14-19(25)15-18)22(30)26-6-4-16-2-1-3-20(12-16)32-21-5-7-27-23(28-21)29-8-10-31-11-9-29/h1-3,5,7,12-15H,4,6,8-11H2,(H,26,30). The molecule has 9 heteroatoms. The molecule has 0 radical (unpaired) electrons. The van der Waals surface area contributed by atoms with Crippen LogP contribution in [0.2, 0.25) is 10.0 Å². The maximum absolute atomic E-state index is 12.3. The lowest BCUT2D eigenvalue weighted by Crippen LogP contribution is -2.37. The Hall–Kier alpha value is -2.87. The number of aromatic nitrogens is 2. The van der Waals surface area contributed by atoms with E-state index in [4.69, 9.17) is 32.7 Å². The second-order valence-electron chi connectivity index (χ2n) is 7.21. The minimum absolute atomic E-state index is 0.224. The fraction of sp³-hybridized carbons (Fsp3) is 0.261. The average molecular weight is 473 g/mol. The molecule has 1 fully saturated rings. The molecule has 166 valence electrons. The number of hydrogen-bond donors (Lipinski definition) is 1. The SMILES string of the molecule is O=C(NCCc1cccc(Oc2ccnc(N3CCOCC3)n2)c1)c1cc(Cl)cc(Cl)c1. The normalized spacial score (nSPS) is 13.6. The van der Waals surface area contributed by atoms with Gasteiger partial charge < -0.3 is 19.7 Å². The number of halogens is 2. The van der Waals surface area contributed by atoms with Crippen molar-refractivity contribution in [1.82, 2.24) is 15.3 Å². The van der Waals surface area contributed by atoms with Crippen molar-refractivity contribution in [2.45, 2.75) is 6.42 Å². The number of benzene rings is 2. The van der Waals surface area contributed by atoms with E-state index in [0.717, 1.165) is 18.7 Å². The number of carbonyl (C=O) groups is 1. The van der Waals surface area contributed by atoms with Crippen molar-refractivity contribution in [3.8, 4) is 11.6 Å². The van der Waals surface area contributed by atoms with Crippen molar-refractivity contribution in [3.63, 3.8) is 0 Å². The lowest BCUT2D eigenvalue weighted by molar-refractivity contribution is 0.0954. The second-order valence-corrected chi connectivity index (χ2v) is 8.08. The van der Waals surface area contributed by atoms with Crippen LogP contribution >= 0.6 is 23.2 Å². The molecule has 1 aliphatic rings. The molecule has 2 aromatic carbocycles. The molecule has 0 saturated carbocycles. The van der Waals surface area contributed by atoms with Crippen LogP contribution in [0.3, 0.4) is 0 Å². The number of nitrogens with one attached hydrogen (secondary N) is 1. The van der Waals surface area contributed by atoms with Crippen LogP contribution in [0.1, 0.15) is 15.9 Å². The van der Waals surface area contributed by atoms with Gasteiger partial charge in [-0.05, 0) is 42.3 Å². The van der Waals surface area contributed by atoms with Crippen LogP contribution in [0.4, 0.5) is 5.95 Å². The molecular formula is C23H22Cl2N4O3. The van der Waals surface area contributed by atoms with E-state index in [2.05, 4.69) is 20.2 Å². The van der Waals surface area contributed by atoms with Crippen molar-refractivity contribution in [1.29, 1.82) is 0 Å². The number of amides is 1. The fourth-order valence-electron chi connectivity index (χ4n) is 3.30. The van der Waals surface area contributed by atoms with Gasteiger partial charge in [0.2, 0.25) is 11.8 Å². The van der Waals surface area contributed by atoms with Gasteiger partial charge >= 0.3 is 0 Å². The number of ether oxygens (including phenoxy) is 2. The van der Waals surface area contributed by atoms with E-state index in [1.54, 1.807) is 30.5 Å². The van der Waals surface area contributed by atoms with E-state index in [-0.39, 0.29) is 5.91 Å². The zero-order valence-corrected chi connectivity index (χ0v) is 18.8. The number of morpholine rings is 1. The van der Waals surface area contributed by atoms with Crippen molar-refractivity contribution in [2.24, 2.45) is 0 Å². The van der Waals surface area contributed by atoms with Crippen LogP contribution in [0.15, 0.2) is 54.7 Å². The van der Waals surface area contributed by atoms with E-state index in [9.17, 15) is 4.79 Å². The Morgan fingerprint density at radius 3 is 2.66 bits per heavy atom. The van der Waals surface area contributed by atoms with Gasteiger partial charge in [-0.1, -0.05) is 35.3 Å². The third-order valence-corrected chi connectivity index (χ3v) is 5.29. The first-order valence-electron chi connectivity index (χ1n) is 10.2. The molecule has 1 aliphatic heterocycles. The van der Waals surface area contributed by atoms with Crippen molar-refractivity contribution >= 4 is 35.1 Å². The van der Waals surface area contributed by atoms with Crippen LogP contribution < -0.4 is 15.0 Å². The highest BCUT2D eigenvalue weighted by Crippen LogP contribution is 2.23. The van der Waals surface area contributed by atoms with Gasteiger partial charge in [0.15, 0.2) is 0 Å². The Labute approximate surface area is 196 Å². The maximum atomic E-state index is 12.3. The summed E-state index contributed by atoms with van der Waals surface area (Å²) in [4.78, 5) is 23.3. The van der Waals surface area contributed by atoms with Gasteiger partial charge in [-0.25, -0.2) is 4.98 Å². The minimum Gasteiger partial charge on any atom is -0.439 e. The second kappa shape index (κ2) is 10.6. The first-order valence-corrected chi connectivity index (χ1v) is 11.0. The summed E-state index contributed by atoms with van der Waals surface area (Å²) in [5.41, 5.74) is 1.45. The summed E-state index contributed by atoms with van der Waals surface area (Å²) in [7, 11) is 0. The molecule has 32 heavy (non-hydrogen) atoms.